The fourth-order valence-corrected chi connectivity index (χ4v) is 3.02. The second-order valence-electron chi connectivity index (χ2n) is 3.88. The van der Waals surface area contributed by atoms with Gasteiger partial charge < -0.3 is 5.32 Å². The lowest BCUT2D eigenvalue weighted by Crippen LogP contribution is -2.27. The number of nitrogens with zero attached hydrogens (tertiary/aromatic N) is 2. The van der Waals surface area contributed by atoms with Gasteiger partial charge in [-0.25, -0.2) is 0 Å². The molecule has 0 atom stereocenters. The minimum Gasteiger partial charge on any atom is -0.350 e. The van der Waals surface area contributed by atoms with E-state index in [4.69, 9.17) is 11.6 Å². The van der Waals surface area contributed by atoms with E-state index in [-0.39, 0.29) is 5.91 Å². The van der Waals surface area contributed by atoms with Crippen LogP contribution >= 0.6 is 59.4 Å². The van der Waals surface area contributed by atoms with Crippen molar-refractivity contribution in [3.05, 3.63) is 48.5 Å². The van der Waals surface area contributed by atoms with Crippen LogP contribution < -0.4 is 5.32 Å². The third-order valence-corrected chi connectivity index (χ3v) is 5.94. The van der Waals surface area contributed by atoms with Crippen molar-refractivity contribution in [3.63, 3.8) is 0 Å². The van der Waals surface area contributed by atoms with Crippen molar-refractivity contribution in [2.45, 2.75) is 6.54 Å². The highest BCUT2D eigenvalue weighted by Crippen LogP contribution is 2.30. The highest BCUT2D eigenvalue weighted by molar-refractivity contribution is 9.14. The highest BCUT2D eigenvalue weighted by Gasteiger charge is 2.11. The molecule has 2 rings (SSSR count). The number of hydrogen-bond acceptors (Lipinski definition) is 2. The predicted octanol–water partition coefficient (Wildman–Crippen LogP) is 4.25. The Morgan fingerprint density at radius 3 is 2.45 bits per heavy atom. The second kappa shape index (κ2) is 7.06. The Hall–Kier alpha value is -0.370. The minimum absolute atomic E-state index is 0.136. The average Bonchev–Trinajstić information content (AvgIpc) is 2.67. The predicted molar refractivity (Wildman–Crippen MR) is 89.1 cm³/mol. The van der Waals surface area contributed by atoms with Gasteiger partial charge in [-0.1, -0.05) is 11.6 Å². The zero-order valence-electron chi connectivity index (χ0n) is 10.0. The number of amides is 1. The van der Waals surface area contributed by atoms with Crippen molar-refractivity contribution in [1.82, 2.24) is 15.1 Å². The Morgan fingerprint density at radius 1 is 1.25 bits per heavy atom. The molecule has 20 heavy (non-hydrogen) atoms. The van der Waals surface area contributed by atoms with Gasteiger partial charge in [0.1, 0.15) is 9.21 Å². The molecule has 106 valence electrons. The van der Waals surface area contributed by atoms with Gasteiger partial charge in [0.15, 0.2) is 0 Å². The van der Waals surface area contributed by atoms with Gasteiger partial charge in [-0.15, -0.1) is 0 Å². The van der Waals surface area contributed by atoms with E-state index in [9.17, 15) is 4.79 Å². The molecule has 0 spiro atoms. The van der Waals surface area contributed by atoms with E-state index >= 15 is 0 Å². The molecule has 0 unspecified atom stereocenters. The summed E-state index contributed by atoms with van der Waals surface area (Å²) in [6.07, 6.45) is 0. The number of benzene rings is 1. The highest BCUT2D eigenvalue weighted by atomic mass is 79.9. The van der Waals surface area contributed by atoms with E-state index in [0.717, 1.165) is 9.08 Å². The second-order valence-corrected chi connectivity index (χ2v) is 6.61. The van der Waals surface area contributed by atoms with Crippen LogP contribution in [0.25, 0.3) is 0 Å². The molecular weight excluding hydrogens is 477 g/mol. The molecule has 1 aromatic heterocycles. The molecule has 1 amide bonds. The molecule has 0 saturated carbocycles. The summed E-state index contributed by atoms with van der Waals surface area (Å²) < 4.78 is 4.14. The van der Waals surface area contributed by atoms with Gasteiger partial charge in [0.2, 0.25) is 0 Å². The van der Waals surface area contributed by atoms with Crippen LogP contribution in [0.1, 0.15) is 10.4 Å². The molecule has 4 nitrogen and oxygen atoms in total. The first-order chi connectivity index (χ1) is 9.49. The summed E-state index contributed by atoms with van der Waals surface area (Å²) in [6, 6.07) is 6.76. The monoisotopic (exact) mass is 483 g/mol. The van der Waals surface area contributed by atoms with Crippen molar-refractivity contribution in [1.29, 1.82) is 0 Å². The number of nitrogens with one attached hydrogen (secondary N) is 1. The van der Waals surface area contributed by atoms with Crippen molar-refractivity contribution >= 4 is 65.3 Å². The van der Waals surface area contributed by atoms with Crippen molar-refractivity contribution in [3.8, 4) is 0 Å². The van der Waals surface area contributed by atoms with E-state index in [2.05, 4.69) is 58.2 Å². The van der Waals surface area contributed by atoms with Gasteiger partial charge in [-0.05, 0) is 72.1 Å². The molecule has 0 aliphatic carbocycles. The fraction of sp³-hybridized carbons (Fsp3) is 0.167. The lowest BCUT2D eigenvalue weighted by atomic mass is 10.2. The number of hydrogen-bond donors (Lipinski definition) is 1. The largest absolute Gasteiger partial charge is 0.350 e. The lowest BCUT2D eigenvalue weighted by Gasteiger charge is -2.06. The summed E-state index contributed by atoms with van der Waals surface area (Å²) in [5.41, 5.74) is 0.580. The first-order valence-corrected chi connectivity index (χ1v) is 8.36. The molecule has 1 heterocycles. The van der Waals surface area contributed by atoms with Crippen molar-refractivity contribution in [2.75, 3.05) is 6.54 Å². The van der Waals surface area contributed by atoms with Gasteiger partial charge in [0.25, 0.3) is 5.91 Å². The van der Waals surface area contributed by atoms with Gasteiger partial charge in [0, 0.05) is 17.1 Å². The molecule has 0 fully saturated rings. The molecule has 0 aliphatic heterocycles. The van der Waals surface area contributed by atoms with Crippen LogP contribution in [0.5, 0.6) is 0 Å². The van der Waals surface area contributed by atoms with Crippen LogP contribution in [0.2, 0.25) is 5.02 Å². The molecule has 0 radical (unpaired) electrons. The lowest BCUT2D eigenvalue weighted by molar-refractivity contribution is 0.0952. The van der Waals surface area contributed by atoms with Crippen LogP contribution in [-0.2, 0) is 6.54 Å². The van der Waals surface area contributed by atoms with Gasteiger partial charge >= 0.3 is 0 Å². The van der Waals surface area contributed by atoms with Gasteiger partial charge in [-0.3, -0.25) is 9.48 Å². The zero-order valence-corrected chi connectivity index (χ0v) is 15.6. The van der Waals surface area contributed by atoms with Gasteiger partial charge in [-0.2, -0.15) is 5.10 Å². The summed E-state index contributed by atoms with van der Waals surface area (Å²) in [7, 11) is 0. The maximum atomic E-state index is 11.9. The Labute approximate surface area is 146 Å². The van der Waals surface area contributed by atoms with E-state index in [1.165, 1.54) is 0 Å². The molecule has 0 bridgehead atoms. The summed E-state index contributed by atoms with van der Waals surface area (Å²) in [5, 5.41) is 7.70. The Morgan fingerprint density at radius 2 is 1.90 bits per heavy atom. The van der Waals surface area contributed by atoms with Crippen LogP contribution in [0.3, 0.4) is 0 Å². The first kappa shape index (κ1) is 16.0. The van der Waals surface area contributed by atoms with E-state index in [1.54, 1.807) is 28.9 Å². The molecule has 1 N–H and O–H groups in total. The topological polar surface area (TPSA) is 46.9 Å². The summed E-state index contributed by atoms with van der Waals surface area (Å²) >= 11 is 15.9. The van der Waals surface area contributed by atoms with Crippen LogP contribution in [0.4, 0.5) is 0 Å². The first-order valence-electron chi connectivity index (χ1n) is 5.60. The van der Waals surface area contributed by atoms with Crippen LogP contribution in [-0.4, -0.2) is 22.2 Å². The zero-order chi connectivity index (χ0) is 14.7. The molecular formula is C12H9Br3ClN3O. The number of aromatic nitrogens is 2. The van der Waals surface area contributed by atoms with E-state index in [1.807, 2.05) is 0 Å². The van der Waals surface area contributed by atoms with Crippen molar-refractivity contribution < 1.29 is 4.79 Å². The van der Waals surface area contributed by atoms with Gasteiger partial charge in [0.05, 0.1) is 11.0 Å². The smallest absolute Gasteiger partial charge is 0.251 e. The molecule has 0 saturated heterocycles. The maximum Gasteiger partial charge on any atom is 0.251 e. The third kappa shape index (κ3) is 3.84. The number of halogens is 4. The average molecular weight is 486 g/mol. The Kier molecular flexibility index (Phi) is 5.65. The number of carbonyl (C=O) groups is 1. The molecule has 2 aromatic rings. The summed E-state index contributed by atoms with van der Waals surface area (Å²) in [4.78, 5) is 11.9. The molecule has 8 heteroatoms. The normalized spacial score (nSPS) is 10.6. The fourth-order valence-electron chi connectivity index (χ4n) is 1.52. The number of rotatable bonds is 4. The molecule has 1 aromatic carbocycles. The van der Waals surface area contributed by atoms with E-state index in [0.29, 0.717) is 28.3 Å². The van der Waals surface area contributed by atoms with E-state index < -0.39 is 0 Å². The minimum atomic E-state index is -0.136. The Bertz CT molecular complexity index is 628. The Balaban J connectivity index is 1.91. The maximum absolute atomic E-state index is 11.9. The van der Waals surface area contributed by atoms with Crippen molar-refractivity contribution in [2.24, 2.45) is 0 Å². The van der Waals surface area contributed by atoms with Crippen LogP contribution in [0, 0.1) is 0 Å². The summed E-state index contributed by atoms with van der Waals surface area (Å²) in [6.45, 7) is 1.03. The summed E-state index contributed by atoms with van der Waals surface area (Å²) in [5.74, 6) is -0.136. The number of carbonyl (C=O) groups excluding carboxylic acids is 1. The standard InChI is InChI=1S/C12H9Br3ClN3O/c13-9-10(14)18-19(11(9)15)6-5-17-12(20)7-1-3-8(16)4-2-7/h1-4H,5-6H2,(H,17,20). The molecule has 0 aliphatic rings. The SMILES string of the molecule is O=C(NCCn1nc(Br)c(Br)c1Br)c1ccc(Cl)cc1. The van der Waals surface area contributed by atoms with Crippen LogP contribution in [0.15, 0.2) is 37.9 Å². The third-order valence-electron chi connectivity index (χ3n) is 2.51. The quantitative estimate of drug-likeness (QED) is 0.703.